The number of aliphatic hydroxyl groups is 1. The van der Waals surface area contributed by atoms with Crippen molar-refractivity contribution < 1.29 is 90.7 Å². The predicted molar refractivity (Wildman–Crippen MR) is 302 cm³/mol. The van der Waals surface area contributed by atoms with Gasteiger partial charge in [0, 0.05) is 45.4 Å². The molecule has 460 valence electrons. The van der Waals surface area contributed by atoms with E-state index in [-0.39, 0.29) is 78.5 Å². The molecule has 6 saturated heterocycles. The first-order valence-electron chi connectivity index (χ1n) is 29.9. The number of ether oxygens (including phenoxy) is 13. The smallest absolute Gasteiger partial charge is 0.303 e. The van der Waals surface area contributed by atoms with E-state index < -0.39 is 127 Å². The maximum Gasteiger partial charge on any atom is 0.303 e. The largest absolute Gasteiger partial charge is 0.454 e. The van der Waals surface area contributed by atoms with Crippen LogP contribution in [-0.4, -0.2) is 169 Å². The molecule has 21 heteroatoms. The molecule has 4 amide bonds. The summed E-state index contributed by atoms with van der Waals surface area (Å²) in [4.78, 5) is 72.7. The molecule has 86 heavy (non-hydrogen) atoms. The molecule has 21 nitrogen and oxygen atoms in total. The van der Waals surface area contributed by atoms with Crippen LogP contribution >= 0.6 is 0 Å². The summed E-state index contributed by atoms with van der Waals surface area (Å²) in [6.07, 6.45) is -12.2. The van der Waals surface area contributed by atoms with Crippen molar-refractivity contribution in [2.75, 3.05) is 26.4 Å². The van der Waals surface area contributed by atoms with E-state index in [9.17, 15) is 29.1 Å². The minimum Gasteiger partial charge on any atom is -0.454 e. The van der Waals surface area contributed by atoms with E-state index in [1.807, 2.05) is 121 Å². The summed E-state index contributed by atoms with van der Waals surface area (Å²) in [5.41, 5.74) is 3.13. The molecule has 0 bridgehead atoms. The summed E-state index contributed by atoms with van der Waals surface area (Å²) >= 11 is 0. The maximum absolute atomic E-state index is 14.6. The number of carbonyl (C=O) groups is 5. The summed E-state index contributed by atoms with van der Waals surface area (Å²) in [5.74, 6) is -3.79. The number of fused-ring (bicyclic) bond motifs is 1. The topological polar surface area (TPSA) is 232 Å². The van der Waals surface area contributed by atoms with Crippen molar-refractivity contribution in [3.8, 4) is 0 Å². The van der Waals surface area contributed by atoms with Gasteiger partial charge in [0.1, 0.15) is 67.0 Å². The van der Waals surface area contributed by atoms with E-state index in [1.165, 1.54) is 13.0 Å². The number of nitrogens with zero attached hydrogens (tertiary/aromatic N) is 2. The first-order chi connectivity index (χ1) is 42.0. The molecule has 1 aliphatic carbocycles. The van der Waals surface area contributed by atoms with Crippen LogP contribution in [0.1, 0.15) is 87.0 Å². The molecule has 0 unspecified atom stereocenters. The van der Waals surface area contributed by atoms with E-state index >= 15 is 0 Å². The molecular formula is C65H76N2O19. The monoisotopic (exact) mass is 1190 g/mol. The molecule has 4 aromatic carbocycles. The Labute approximate surface area is 499 Å². The van der Waals surface area contributed by atoms with Crippen molar-refractivity contribution >= 4 is 29.6 Å². The van der Waals surface area contributed by atoms with Crippen LogP contribution in [0.2, 0.25) is 0 Å². The Morgan fingerprint density at radius 3 is 1.48 bits per heavy atom. The van der Waals surface area contributed by atoms with Gasteiger partial charge in [0.15, 0.2) is 30.8 Å². The van der Waals surface area contributed by atoms with Crippen LogP contribution in [0.5, 0.6) is 0 Å². The van der Waals surface area contributed by atoms with E-state index in [1.54, 1.807) is 0 Å². The Kier molecular flexibility index (Phi) is 20.6. The number of rotatable bonds is 24. The lowest BCUT2D eigenvalue weighted by Crippen LogP contribution is -2.72. The first-order valence-corrected chi connectivity index (χ1v) is 29.9. The zero-order valence-electron chi connectivity index (χ0n) is 48.2. The van der Waals surface area contributed by atoms with Gasteiger partial charge in [-0.3, -0.25) is 33.8 Å². The highest BCUT2D eigenvalue weighted by Crippen LogP contribution is 2.44. The number of likely N-dealkylation sites (tertiary alicyclic amines) is 2. The maximum atomic E-state index is 14.6. The molecular weight excluding hydrogens is 1110 g/mol. The molecule has 0 radical (unpaired) electrons. The first kappa shape index (κ1) is 61.5. The van der Waals surface area contributed by atoms with Gasteiger partial charge in [-0.25, -0.2) is 0 Å². The van der Waals surface area contributed by atoms with E-state index in [4.69, 9.17) is 61.6 Å². The third kappa shape index (κ3) is 14.4. The third-order valence-electron chi connectivity index (χ3n) is 16.7. The molecule has 6 aliphatic heterocycles. The van der Waals surface area contributed by atoms with Crippen LogP contribution < -0.4 is 0 Å². The van der Waals surface area contributed by atoms with Gasteiger partial charge in [-0.15, -0.1) is 6.58 Å². The van der Waals surface area contributed by atoms with Gasteiger partial charge in [-0.05, 0) is 35.1 Å². The SMILES string of the molecule is C=CCO[C@@H]1O[C@H](COCc2ccccc2)[C@@H](O[C@@H]2O[C@H](COCc3ccccc3)[C@@H](O[C@@H]3O[C@@H]4COC5(CCCCC5)O[C@H]4[C@H](O)[C@@H]3OC(C)=O)[C@H](OCc3ccccc3)[C@H]2N2C(=O)CCC2=O)[C@H](OCc2ccccc2)[C@H]1N1C(=O)CCC1=O. The number of carbonyl (C=O) groups excluding carboxylic acids is 5. The van der Waals surface area contributed by atoms with Crippen molar-refractivity contribution in [3.63, 3.8) is 0 Å². The number of imide groups is 2. The lowest BCUT2D eigenvalue weighted by Gasteiger charge is -2.54. The average molecular weight is 1190 g/mol. The Morgan fingerprint density at radius 1 is 0.570 bits per heavy atom. The average Bonchev–Trinajstić information content (AvgIpc) is 1.42. The quantitative estimate of drug-likeness (QED) is 0.0471. The van der Waals surface area contributed by atoms with Gasteiger partial charge < -0.3 is 66.7 Å². The van der Waals surface area contributed by atoms with Gasteiger partial charge in [0.2, 0.25) is 23.6 Å². The highest BCUT2D eigenvalue weighted by molar-refractivity contribution is 6.03. The molecule has 7 fully saturated rings. The van der Waals surface area contributed by atoms with Crippen LogP contribution in [0, 0.1) is 0 Å². The Bertz CT molecular complexity index is 2870. The summed E-state index contributed by atoms with van der Waals surface area (Å²) in [7, 11) is 0. The number of amides is 4. The predicted octanol–water partition coefficient (Wildman–Crippen LogP) is 6.14. The highest BCUT2D eigenvalue weighted by Gasteiger charge is 2.62. The molecule has 15 atom stereocenters. The van der Waals surface area contributed by atoms with E-state index in [0.29, 0.717) is 18.4 Å². The van der Waals surface area contributed by atoms with Crippen molar-refractivity contribution in [2.45, 2.75) is 189 Å². The normalized spacial score (nSPS) is 31.9. The van der Waals surface area contributed by atoms with Gasteiger partial charge in [0.05, 0.1) is 52.9 Å². The fraction of sp³-hybridized carbons (Fsp3) is 0.523. The second-order valence-corrected chi connectivity index (χ2v) is 22.7. The molecule has 1 N–H and O–H groups in total. The standard InChI is InChI=1S/C65H76N2O19/c1-3-33-76-62-53(66-49(69)27-28-50(66)70)59(77-36-44-23-13-6-14-24-44)57(46(81-62)38-74-34-42-19-9-4-10-20-42)84-63-54(67-51(71)29-30-52(67)72)60(78-37-45-25-15-7-16-26-45)58(47(82-63)39-75-35-43-21-11-5-12-22-43)85-64-61(80-41(2)68)55(73)56-48(83-64)40-79-65(86-56)31-17-8-18-32-65/h3-7,9-16,19-26,46-48,53-64,73H,1,8,17-18,27-40H2,2H3/t46-,47-,48-,53-,54-,55+,56-,57-,58-,59-,60-,61+,62-,63+,64+/m1/s1. The second kappa shape index (κ2) is 28.8. The van der Waals surface area contributed by atoms with Crippen molar-refractivity contribution in [1.82, 2.24) is 9.80 Å². The van der Waals surface area contributed by atoms with Gasteiger partial charge in [-0.1, -0.05) is 134 Å². The Morgan fingerprint density at radius 2 is 1.01 bits per heavy atom. The summed E-state index contributed by atoms with van der Waals surface area (Å²) < 4.78 is 87.7. The zero-order chi connectivity index (χ0) is 59.6. The molecule has 11 rings (SSSR count). The number of hydrogen-bond donors (Lipinski definition) is 1. The summed E-state index contributed by atoms with van der Waals surface area (Å²) in [5, 5.41) is 12.4. The van der Waals surface area contributed by atoms with Crippen LogP contribution in [0.15, 0.2) is 134 Å². The van der Waals surface area contributed by atoms with Gasteiger partial charge in [-0.2, -0.15) is 0 Å². The fourth-order valence-corrected chi connectivity index (χ4v) is 12.6. The summed E-state index contributed by atoms with van der Waals surface area (Å²) in [6.45, 7) is 4.69. The number of aliphatic hydroxyl groups excluding tert-OH is 1. The van der Waals surface area contributed by atoms with Crippen molar-refractivity contribution in [1.29, 1.82) is 0 Å². The minimum absolute atomic E-state index is 0.0186. The van der Waals surface area contributed by atoms with Crippen molar-refractivity contribution in [3.05, 3.63) is 156 Å². The zero-order valence-corrected chi connectivity index (χ0v) is 48.2. The highest BCUT2D eigenvalue weighted by atomic mass is 16.8. The molecule has 1 saturated carbocycles. The Balaban J connectivity index is 1.02. The second-order valence-electron chi connectivity index (χ2n) is 22.7. The molecule has 4 aromatic rings. The molecule has 1 spiro atoms. The number of benzene rings is 4. The Hall–Kier alpha value is -6.15. The van der Waals surface area contributed by atoms with Crippen LogP contribution in [0.25, 0.3) is 0 Å². The fourth-order valence-electron chi connectivity index (χ4n) is 12.6. The summed E-state index contributed by atoms with van der Waals surface area (Å²) in [6, 6.07) is 34.7. The molecule has 0 aromatic heterocycles. The third-order valence-corrected chi connectivity index (χ3v) is 16.7. The van der Waals surface area contributed by atoms with Crippen LogP contribution in [0.3, 0.4) is 0 Å². The lowest BCUT2D eigenvalue weighted by atomic mass is 9.90. The van der Waals surface area contributed by atoms with E-state index in [0.717, 1.165) is 45.8 Å². The van der Waals surface area contributed by atoms with Gasteiger partial charge >= 0.3 is 5.97 Å². The van der Waals surface area contributed by atoms with E-state index in [2.05, 4.69) is 6.58 Å². The number of hydrogen-bond acceptors (Lipinski definition) is 19. The van der Waals surface area contributed by atoms with Gasteiger partial charge in [0.25, 0.3) is 0 Å². The minimum atomic E-state index is -1.66. The van der Waals surface area contributed by atoms with Crippen LogP contribution in [0.4, 0.5) is 0 Å². The molecule has 6 heterocycles. The van der Waals surface area contributed by atoms with Crippen LogP contribution in [-0.2, 0) is 112 Å². The molecule has 7 aliphatic rings. The lowest BCUT2D eigenvalue weighted by molar-refractivity contribution is -0.410. The number of esters is 1. The van der Waals surface area contributed by atoms with Crippen molar-refractivity contribution in [2.24, 2.45) is 0 Å².